The van der Waals surface area contributed by atoms with Gasteiger partial charge >= 0.3 is 0 Å². The van der Waals surface area contributed by atoms with E-state index in [-0.39, 0.29) is 5.91 Å². The standard InChI is InChI=1S/C13H24N2O2/c1-17-9-6-13(16)15-8-5-12-11(10-15)4-2-3-7-14-12/h11-12,14H,2-10H2,1H3/t11-,12-/m1/s1. The van der Waals surface area contributed by atoms with Gasteiger partial charge in [0, 0.05) is 26.2 Å². The lowest BCUT2D eigenvalue weighted by Crippen LogP contribution is -2.50. The number of hydrogen-bond acceptors (Lipinski definition) is 3. The molecule has 0 aliphatic carbocycles. The maximum Gasteiger partial charge on any atom is 0.224 e. The van der Waals surface area contributed by atoms with Crippen molar-refractivity contribution in [1.82, 2.24) is 10.2 Å². The Balaban J connectivity index is 1.85. The molecule has 1 N–H and O–H groups in total. The van der Waals surface area contributed by atoms with Crippen LogP contribution in [0.3, 0.4) is 0 Å². The van der Waals surface area contributed by atoms with Gasteiger partial charge in [-0.05, 0) is 31.7 Å². The molecule has 4 heteroatoms. The molecule has 2 saturated heterocycles. The van der Waals surface area contributed by atoms with Crippen molar-refractivity contribution in [3.63, 3.8) is 0 Å². The molecule has 2 heterocycles. The van der Waals surface area contributed by atoms with Gasteiger partial charge in [-0.2, -0.15) is 0 Å². The summed E-state index contributed by atoms with van der Waals surface area (Å²) in [4.78, 5) is 14.0. The van der Waals surface area contributed by atoms with E-state index < -0.39 is 0 Å². The van der Waals surface area contributed by atoms with Gasteiger partial charge in [-0.25, -0.2) is 0 Å². The lowest BCUT2D eigenvalue weighted by molar-refractivity contribution is -0.134. The quantitative estimate of drug-likeness (QED) is 0.800. The van der Waals surface area contributed by atoms with Crippen LogP contribution >= 0.6 is 0 Å². The van der Waals surface area contributed by atoms with E-state index in [2.05, 4.69) is 5.32 Å². The minimum absolute atomic E-state index is 0.259. The largest absolute Gasteiger partial charge is 0.384 e. The highest BCUT2D eigenvalue weighted by atomic mass is 16.5. The number of ether oxygens (including phenoxy) is 1. The van der Waals surface area contributed by atoms with Gasteiger partial charge in [-0.3, -0.25) is 4.79 Å². The average Bonchev–Trinajstić information content (AvgIpc) is 2.60. The first-order valence-corrected chi connectivity index (χ1v) is 6.81. The van der Waals surface area contributed by atoms with Crippen molar-refractivity contribution in [3.05, 3.63) is 0 Å². The van der Waals surface area contributed by atoms with Crippen molar-refractivity contribution in [2.45, 2.75) is 38.1 Å². The Morgan fingerprint density at radius 1 is 1.41 bits per heavy atom. The minimum atomic E-state index is 0.259. The van der Waals surface area contributed by atoms with E-state index in [0.29, 0.717) is 25.0 Å². The summed E-state index contributed by atoms with van der Waals surface area (Å²) >= 11 is 0. The fourth-order valence-electron chi connectivity index (χ4n) is 2.99. The number of fused-ring (bicyclic) bond motifs is 1. The molecule has 17 heavy (non-hydrogen) atoms. The normalized spacial score (nSPS) is 29.6. The summed E-state index contributed by atoms with van der Waals surface area (Å²) in [5.74, 6) is 0.923. The van der Waals surface area contributed by atoms with Crippen LogP contribution in [0.5, 0.6) is 0 Å². The highest BCUT2D eigenvalue weighted by molar-refractivity contribution is 5.76. The second-order valence-corrected chi connectivity index (χ2v) is 5.19. The fraction of sp³-hybridized carbons (Fsp3) is 0.923. The third-order valence-electron chi connectivity index (χ3n) is 4.01. The van der Waals surface area contributed by atoms with E-state index in [4.69, 9.17) is 4.74 Å². The van der Waals surface area contributed by atoms with Crippen LogP contribution < -0.4 is 5.32 Å². The van der Waals surface area contributed by atoms with Gasteiger partial charge in [0.2, 0.25) is 5.91 Å². The Bertz CT molecular complexity index is 258. The zero-order valence-electron chi connectivity index (χ0n) is 10.8. The number of carbonyl (C=O) groups excluding carboxylic acids is 1. The average molecular weight is 240 g/mol. The fourth-order valence-corrected chi connectivity index (χ4v) is 2.99. The Morgan fingerprint density at radius 3 is 3.12 bits per heavy atom. The van der Waals surface area contributed by atoms with Gasteiger partial charge < -0.3 is 15.0 Å². The summed E-state index contributed by atoms with van der Waals surface area (Å²) in [5.41, 5.74) is 0. The van der Waals surface area contributed by atoms with Crippen LogP contribution in [0.15, 0.2) is 0 Å². The van der Waals surface area contributed by atoms with E-state index in [1.807, 2.05) is 4.90 Å². The monoisotopic (exact) mass is 240 g/mol. The molecule has 4 nitrogen and oxygen atoms in total. The Morgan fingerprint density at radius 2 is 2.29 bits per heavy atom. The van der Waals surface area contributed by atoms with Gasteiger partial charge in [0.15, 0.2) is 0 Å². The molecule has 0 bridgehead atoms. The number of nitrogens with one attached hydrogen (secondary N) is 1. The second kappa shape index (κ2) is 6.36. The Kier molecular flexibility index (Phi) is 4.80. The summed E-state index contributed by atoms with van der Waals surface area (Å²) in [6, 6.07) is 0.643. The molecule has 2 fully saturated rings. The second-order valence-electron chi connectivity index (χ2n) is 5.19. The molecule has 1 amide bonds. The van der Waals surface area contributed by atoms with Crippen molar-refractivity contribution in [1.29, 1.82) is 0 Å². The SMILES string of the molecule is COCCC(=O)N1CC[C@H]2NCCCC[C@@H]2C1. The molecule has 2 aliphatic heterocycles. The molecular weight excluding hydrogens is 216 g/mol. The molecule has 2 atom stereocenters. The third kappa shape index (κ3) is 3.42. The topological polar surface area (TPSA) is 41.6 Å². The van der Waals surface area contributed by atoms with Gasteiger partial charge in [0.25, 0.3) is 0 Å². The van der Waals surface area contributed by atoms with Crippen LogP contribution in [0.2, 0.25) is 0 Å². The van der Waals surface area contributed by atoms with Crippen LogP contribution in [-0.2, 0) is 9.53 Å². The molecule has 0 aromatic carbocycles. The number of nitrogens with zero attached hydrogens (tertiary/aromatic N) is 1. The highest BCUT2D eigenvalue weighted by Gasteiger charge is 2.31. The van der Waals surface area contributed by atoms with Crippen molar-refractivity contribution in [2.75, 3.05) is 33.4 Å². The summed E-state index contributed by atoms with van der Waals surface area (Å²) < 4.78 is 4.97. The zero-order valence-corrected chi connectivity index (χ0v) is 10.8. The van der Waals surface area contributed by atoms with Gasteiger partial charge in [-0.1, -0.05) is 6.42 Å². The number of amides is 1. The summed E-state index contributed by atoms with van der Waals surface area (Å²) in [6.45, 7) is 3.55. The van der Waals surface area contributed by atoms with Crippen LogP contribution in [0.4, 0.5) is 0 Å². The van der Waals surface area contributed by atoms with Crippen molar-refractivity contribution in [2.24, 2.45) is 5.92 Å². The Hall–Kier alpha value is -0.610. The van der Waals surface area contributed by atoms with E-state index in [9.17, 15) is 4.79 Å². The number of piperidine rings is 1. The van der Waals surface area contributed by atoms with Crippen molar-refractivity contribution >= 4 is 5.91 Å². The molecule has 2 aliphatic rings. The molecule has 2 rings (SSSR count). The molecule has 0 radical (unpaired) electrons. The van der Waals surface area contributed by atoms with E-state index in [1.165, 1.54) is 19.3 Å². The van der Waals surface area contributed by atoms with E-state index in [0.717, 1.165) is 26.1 Å². The lowest BCUT2D eigenvalue weighted by atomic mass is 9.89. The van der Waals surface area contributed by atoms with Crippen LogP contribution in [0.1, 0.15) is 32.1 Å². The van der Waals surface area contributed by atoms with Crippen LogP contribution in [0, 0.1) is 5.92 Å². The number of carbonyl (C=O) groups is 1. The van der Waals surface area contributed by atoms with Crippen molar-refractivity contribution < 1.29 is 9.53 Å². The van der Waals surface area contributed by atoms with Gasteiger partial charge in [0.05, 0.1) is 13.0 Å². The first-order chi connectivity index (χ1) is 8.31. The van der Waals surface area contributed by atoms with Gasteiger partial charge in [-0.15, -0.1) is 0 Å². The molecule has 0 spiro atoms. The van der Waals surface area contributed by atoms with Crippen molar-refractivity contribution in [3.8, 4) is 0 Å². The minimum Gasteiger partial charge on any atom is -0.384 e. The number of hydrogen-bond donors (Lipinski definition) is 1. The molecular formula is C13H24N2O2. The van der Waals surface area contributed by atoms with E-state index >= 15 is 0 Å². The number of methoxy groups -OCH3 is 1. The van der Waals surface area contributed by atoms with Crippen LogP contribution in [-0.4, -0.2) is 50.2 Å². The Labute approximate surface area is 104 Å². The lowest BCUT2D eigenvalue weighted by Gasteiger charge is -2.38. The maximum atomic E-state index is 11.9. The maximum absolute atomic E-state index is 11.9. The third-order valence-corrected chi connectivity index (χ3v) is 4.01. The summed E-state index contributed by atoms with van der Waals surface area (Å²) in [7, 11) is 1.65. The summed E-state index contributed by atoms with van der Waals surface area (Å²) in [6.07, 6.45) is 5.50. The first-order valence-electron chi connectivity index (χ1n) is 6.81. The molecule has 0 aromatic rings. The first kappa shape index (κ1) is 12.8. The molecule has 0 saturated carbocycles. The smallest absolute Gasteiger partial charge is 0.224 e. The number of likely N-dealkylation sites (tertiary alicyclic amines) is 1. The predicted molar refractivity (Wildman–Crippen MR) is 66.8 cm³/mol. The van der Waals surface area contributed by atoms with E-state index in [1.54, 1.807) is 7.11 Å². The van der Waals surface area contributed by atoms with Gasteiger partial charge in [0.1, 0.15) is 0 Å². The molecule has 98 valence electrons. The summed E-state index contributed by atoms with van der Waals surface area (Å²) in [5, 5.41) is 3.62. The molecule has 0 aromatic heterocycles. The zero-order chi connectivity index (χ0) is 12.1. The molecule has 0 unspecified atom stereocenters. The predicted octanol–water partition coefficient (Wildman–Crippen LogP) is 1.01. The highest BCUT2D eigenvalue weighted by Crippen LogP contribution is 2.25. The van der Waals surface area contributed by atoms with Crippen LogP contribution in [0.25, 0.3) is 0 Å². The number of rotatable bonds is 3.